The molecule has 0 radical (unpaired) electrons. The number of nitrogens with one attached hydrogen (secondary N) is 1. The number of hydrogen-bond acceptors (Lipinski definition) is 5. The molecule has 184 valence electrons. The summed E-state index contributed by atoms with van der Waals surface area (Å²) in [6.45, 7) is 1.71. The zero-order chi connectivity index (χ0) is 24.8. The summed E-state index contributed by atoms with van der Waals surface area (Å²) < 4.78 is 54.2. The molecule has 3 atom stereocenters. The second-order valence-corrected chi connectivity index (χ2v) is 10.1. The molecular weight excluding hydrogens is 517 g/mol. The van der Waals surface area contributed by atoms with Crippen molar-refractivity contribution in [2.75, 3.05) is 18.0 Å². The van der Waals surface area contributed by atoms with Crippen molar-refractivity contribution < 1.29 is 27.5 Å². The number of halogens is 6. The van der Waals surface area contributed by atoms with Crippen LogP contribution in [0, 0.1) is 5.82 Å². The molecule has 1 amide bonds. The number of carbonyl (C=O) groups excluding carboxylic acids is 1. The lowest BCUT2D eigenvalue weighted by Crippen LogP contribution is -2.55. The molecule has 2 aromatic rings. The zero-order valence-corrected chi connectivity index (χ0v) is 20.2. The van der Waals surface area contributed by atoms with Gasteiger partial charge in [-0.15, -0.1) is 0 Å². The van der Waals surface area contributed by atoms with Crippen molar-refractivity contribution in [3.63, 3.8) is 0 Å². The minimum absolute atomic E-state index is 0.0254. The van der Waals surface area contributed by atoms with Crippen LogP contribution >= 0.6 is 35.1 Å². The molecule has 5 nitrogen and oxygen atoms in total. The molecule has 12 heteroatoms. The number of hydrogen-bond donors (Lipinski definition) is 2. The Labute approximate surface area is 208 Å². The van der Waals surface area contributed by atoms with E-state index in [0.29, 0.717) is 23.7 Å². The molecule has 2 saturated heterocycles. The number of phenolic OH excluding ortho intramolecular Hbond substituents is 1. The van der Waals surface area contributed by atoms with Crippen molar-refractivity contribution in [2.24, 2.45) is 0 Å². The summed E-state index contributed by atoms with van der Waals surface area (Å²) >= 11 is 13.0. The number of likely N-dealkylation sites (tertiary alicyclic amines) is 1. The summed E-state index contributed by atoms with van der Waals surface area (Å²) in [5, 5.41) is 10.7. The van der Waals surface area contributed by atoms with Gasteiger partial charge >= 0.3 is 6.18 Å². The molecule has 2 aliphatic heterocycles. The Morgan fingerprint density at radius 1 is 1.15 bits per heavy atom. The number of piperazine rings is 1. The predicted octanol–water partition coefficient (Wildman–Crippen LogP) is 5.88. The lowest BCUT2D eigenvalue weighted by Gasteiger charge is -2.43. The molecule has 4 rings (SSSR count). The number of amides is 1. The van der Waals surface area contributed by atoms with Gasteiger partial charge in [-0.05, 0) is 62.0 Å². The van der Waals surface area contributed by atoms with Crippen LogP contribution in [0.3, 0.4) is 0 Å². The first-order valence-corrected chi connectivity index (χ1v) is 12.1. The standard InChI is InChI=1S/C22H21Cl2F4N3O2S/c1-11(22(26,27)28)29-34-15-7-18(24)20(32)19(8-15)31-13-3-4-14(31)10-30(9-13)21(33)16-5-2-12(25)6-17(16)23/h2,5-8,11,13-14,29,32H,3-4,9-10H2,1H3. The first kappa shape index (κ1) is 25.2. The van der Waals surface area contributed by atoms with Crippen LogP contribution in [-0.2, 0) is 0 Å². The third kappa shape index (κ3) is 5.05. The molecule has 34 heavy (non-hydrogen) atoms. The molecule has 2 aliphatic rings. The summed E-state index contributed by atoms with van der Waals surface area (Å²) in [4.78, 5) is 17.1. The van der Waals surface area contributed by atoms with Gasteiger partial charge in [-0.25, -0.2) is 9.11 Å². The first-order chi connectivity index (χ1) is 16.0. The van der Waals surface area contributed by atoms with Crippen LogP contribution in [-0.4, -0.2) is 53.3 Å². The number of carbonyl (C=O) groups is 1. The average Bonchev–Trinajstić information content (AvgIpc) is 3.01. The Balaban J connectivity index is 1.54. The van der Waals surface area contributed by atoms with E-state index in [0.717, 1.165) is 37.8 Å². The Kier molecular flexibility index (Phi) is 7.15. The fraction of sp³-hybridized carbons (Fsp3) is 0.409. The van der Waals surface area contributed by atoms with Gasteiger partial charge in [-0.1, -0.05) is 23.2 Å². The lowest BCUT2D eigenvalue weighted by molar-refractivity contribution is -0.146. The molecule has 0 saturated carbocycles. The van der Waals surface area contributed by atoms with Gasteiger partial charge in [0.15, 0.2) is 5.75 Å². The van der Waals surface area contributed by atoms with Crippen molar-refractivity contribution in [1.29, 1.82) is 0 Å². The van der Waals surface area contributed by atoms with Crippen molar-refractivity contribution >= 4 is 46.7 Å². The van der Waals surface area contributed by atoms with Crippen LogP contribution in [0.4, 0.5) is 23.2 Å². The van der Waals surface area contributed by atoms with Gasteiger partial charge in [0.25, 0.3) is 5.91 Å². The summed E-state index contributed by atoms with van der Waals surface area (Å²) in [6, 6.07) is 4.63. The average molecular weight is 538 g/mol. The van der Waals surface area contributed by atoms with Crippen LogP contribution in [0.1, 0.15) is 30.1 Å². The molecule has 2 N–H and O–H groups in total. The van der Waals surface area contributed by atoms with Crippen molar-refractivity contribution in [3.05, 3.63) is 51.8 Å². The third-order valence-corrected chi connectivity index (χ3v) is 7.61. The van der Waals surface area contributed by atoms with E-state index in [1.807, 2.05) is 4.90 Å². The van der Waals surface area contributed by atoms with E-state index in [1.165, 1.54) is 18.2 Å². The van der Waals surface area contributed by atoms with E-state index < -0.39 is 18.0 Å². The number of benzene rings is 2. The molecule has 0 aliphatic carbocycles. The highest BCUT2D eigenvalue weighted by Crippen LogP contribution is 2.44. The SMILES string of the molecule is CC(NSc1cc(Cl)c(O)c(N2C3CCC2CN(C(=O)c2ccc(F)cc2Cl)C3)c1)C(F)(F)F. The fourth-order valence-electron chi connectivity index (χ4n) is 4.33. The third-order valence-electron chi connectivity index (χ3n) is 6.07. The summed E-state index contributed by atoms with van der Waals surface area (Å²) in [5.41, 5.74) is 0.626. The molecule has 0 aromatic heterocycles. The number of aromatic hydroxyl groups is 1. The minimum Gasteiger partial charge on any atom is -0.504 e. The predicted molar refractivity (Wildman–Crippen MR) is 124 cm³/mol. The number of nitrogens with zero attached hydrogens (tertiary/aromatic N) is 2. The molecule has 2 fully saturated rings. The van der Waals surface area contributed by atoms with E-state index in [1.54, 1.807) is 11.0 Å². The highest BCUT2D eigenvalue weighted by Gasteiger charge is 2.43. The Morgan fingerprint density at radius 2 is 1.79 bits per heavy atom. The lowest BCUT2D eigenvalue weighted by atomic mass is 10.1. The summed E-state index contributed by atoms with van der Waals surface area (Å²) in [7, 11) is 0. The number of anilines is 1. The van der Waals surface area contributed by atoms with Crippen molar-refractivity contribution in [1.82, 2.24) is 9.62 Å². The smallest absolute Gasteiger partial charge is 0.404 e. The zero-order valence-electron chi connectivity index (χ0n) is 17.9. The summed E-state index contributed by atoms with van der Waals surface area (Å²) in [6.07, 6.45) is -2.89. The number of phenols is 1. The number of fused-ring (bicyclic) bond motifs is 2. The highest BCUT2D eigenvalue weighted by molar-refractivity contribution is 7.97. The van der Waals surface area contributed by atoms with Crippen molar-refractivity contribution in [3.8, 4) is 5.75 Å². The Bertz CT molecular complexity index is 1090. The molecule has 3 unspecified atom stereocenters. The normalized spacial score (nSPS) is 21.1. The number of alkyl halides is 3. The van der Waals surface area contributed by atoms with Gasteiger partial charge in [0.05, 0.1) is 21.3 Å². The second kappa shape index (κ2) is 9.64. The Morgan fingerprint density at radius 3 is 2.38 bits per heavy atom. The van der Waals surface area contributed by atoms with Crippen LogP contribution in [0.25, 0.3) is 0 Å². The van der Waals surface area contributed by atoms with E-state index in [2.05, 4.69) is 4.72 Å². The van der Waals surface area contributed by atoms with Crippen LogP contribution in [0.5, 0.6) is 5.75 Å². The van der Waals surface area contributed by atoms with E-state index in [-0.39, 0.29) is 39.3 Å². The first-order valence-electron chi connectivity index (χ1n) is 10.5. The van der Waals surface area contributed by atoms with Gasteiger partial charge in [0.2, 0.25) is 0 Å². The maximum atomic E-state index is 13.4. The van der Waals surface area contributed by atoms with Crippen LogP contribution in [0.2, 0.25) is 10.0 Å². The van der Waals surface area contributed by atoms with Gasteiger partial charge < -0.3 is 14.9 Å². The quantitative estimate of drug-likeness (QED) is 0.368. The van der Waals surface area contributed by atoms with Gasteiger partial charge in [0, 0.05) is 30.1 Å². The van der Waals surface area contributed by atoms with Gasteiger partial charge in [-0.3, -0.25) is 4.79 Å². The Hall–Kier alpha value is -1.88. The molecule has 0 spiro atoms. The topological polar surface area (TPSA) is 55.8 Å². The van der Waals surface area contributed by atoms with Gasteiger partial charge in [0.1, 0.15) is 11.9 Å². The maximum absolute atomic E-state index is 13.4. The maximum Gasteiger partial charge on any atom is 0.404 e. The van der Waals surface area contributed by atoms with Crippen molar-refractivity contribution in [2.45, 2.75) is 49.0 Å². The number of rotatable bonds is 5. The largest absolute Gasteiger partial charge is 0.504 e. The van der Waals surface area contributed by atoms with E-state index >= 15 is 0 Å². The monoisotopic (exact) mass is 537 g/mol. The summed E-state index contributed by atoms with van der Waals surface area (Å²) in [5.74, 6) is -0.998. The molecular formula is C22H21Cl2F4N3O2S. The molecule has 2 aromatic carbocycles. The van der Waals surface area contributed by atoms with Crippen LogP contribution in [0.15, 0.2) is 35.2 Å². The highest BCUT2D eigenvalue weighted by atomic mass is 35.5. The van der Waals surface area contributed by atoms with E-state index in [9.17, 15) is 27.5 Å². The second-order valence-electron chi connectivity index (χ2n) is 8.38. The molecule has 2 heterocycles. The fourth-order valence-corrected chi connectivity index (χ4v) is 5.66. The van der Waals surface area contributed by atoms with E-state index in [4.69, 9.17) is 23.2 Å². The van der Waals surface area contributed by atoms with Gasteiger partial charge in [-0.2, -0.15) is 13.2 Å². The van der Waals surface area contributed by atoms with Crippen LogP contribution < -0.4 is 9.62 Å². The molecule has 2 bridgehead atoms. The minimum atomic E-state index is -4.40.